The largest absolute Gasteiger partial charge is 0.508 e. The first kappa shape index (κ1) is 15.6. The summed E-state index contributed by atoms with van der Waals surface area (Å²) in [4.78, 5) is 0. The first-order chi connectivity index (χ1) is 10.6. The van der Waals surface area contributed by atoms with Gasteiger partial charge in [-0.2, -0.15) is 0 Å². The zero-order valence-electron chi connectivity index (χ0n) is 12.7. The van der Waals surface area contributed by atoms with E-state index in [1.807, 2.05) is 0 Å². The van der Waals surface area contributed by atoms with E-state index in [1.165, 1.54) is 33.5 Å². The van der Waals surface area contributed by atoms with Gasteiger partial charge in [-0.05, 0) is 29.8 Å². The number of hydrogen-bond acceptors (Lipinski definition) is 5. The van der Waals surface area contributed by atoms with Crippen LogP contribution in [0, 0.1) is 0 Å². The van der Waals surface area contributed by atoms with Crippen molar-refractivity contribution in [1.82, 2.24) is 0 Å². The van der Waals surface area contributed by atoms with E-state index in [4.69, 9.17) is 14.2 Å². The summed E-state index contributed by atoms with van der Waals surface area (Å²) in [6.07, 6.45) is 3.60. The smallest absolute Gasteiger partial charge is 0.203 e. The lowest BCUT2D eigenvalue weighted by molar-refractivity contribution is 0.332. The third kappa shape index (κ3) is 3.25. The molecule has 0 fully saturated rings. The molecule has 0 saturated carbocycles. The minimum absolute atomic E-state index is 0.00975. The van der Waals surface area contributed by atoms with Crippen molar-refractivity contribution in [2.45, 2.75) is 0 Å². The zero-order chi connectivity index (χ0) is 16.1. The van der Waals surface area contributed by atoms with Crippen LogP contribution in [0.2, 0.25) is 0 Å². The molecule has 0 spiro atoms. The molecule has 0 unspecified atom stereocenters. The van der Waals surface area contributed by atoms with Crippen LogP contribution in [0.25, 0.3) is 12.2 Å². The highest BCUT2D eigenvalue weighted by Gasteiger charge is 2.12. The molecular formula is C17H18O5. The van der Waals surface area contributed by atoms with E-state index in [9.17, 15) is 10.2 Å². The van der Waals surface area contributed by atoms with Crippen LogP contribution in [0.1, 0.15) is 11.1 Å². The van der Waals surface area contributed by atoms with Gasteiger partial charge in [0, 0.05) is 11.6 Å². The lowest BCUT2D eigenvalue weighted by Crippen LogP contribution is -1.93. The maximum atomic E-state index is 9.76. The Bertz CT molecular complexity index is 692. The summed E-state index contributed by atoms with van der Waals surface area (Å²) >= 11 is 0. The summed E-state index contributed by atoms with van der Waals surface area (Å²) in [5.74, 6) is 1.41. The van der Waals surface area contributed by atoms with Crippen LogP contribution in [0.15, 0.2) is 30.3 Å². The molecule has 0 bridgehead atoms. The molecule has 2 aromatic rings. The second kappa shape index (κ2) is 6.76. The summed E-state index contributed by atoms with van der Waals surface area (Å²) < 4.78 is 15.6. The van der Waals surface area contributed by atoms with Crippen LogP contribution in [0.5, 0.6) is 28.7 Å². The Kier molecular flexibility index (Phi) is 4.78. The fourth-order valence-electron chi connectivity index (χ4n) is 2.11. The Morgan fingerprint density at radius 3 is 2.18 bits per heavy atom. The maximum Gasteiger partial charge on any atom is 0.203 e. The molecule has 2 rings (SSSR count). The molecule has 2 N–H and O–H groups in total. The molecule has 0 amide bonds. The Hall–Kier alpha value is -2.82. The molecular weight excluding hydrogens is 284 g/mol. The minimum atomic E-state index is 0.00975. The summed E-state index contributed by atoms with van der Waals surface area (Å²) in [5, 5.41) is 19.4. The number of aromatic hydroxyl groups is 2. The second-order valence-electron chi connectivity index (χ2n) is 4.54. The Morgan fingerprint density at radius 2 is 1.55 bits per heavy atom. The molecule has 2 aromatic carbocycles. The number of phenolic OH excluding ortho intramolecular Hbond substituents is 2. The second-order valence-corrected chi connectivity index (χ2v) is 4.54. The highest BCUT2D eigenvalue weighted by Crippen LogP contribution is 2.39. The Labute approximate surface area is 129 Å². The van der Waals surface area contributed by atoms with Gasteiger partial charge in [-0.1, -0.05) is 12.2 Å². The van der Waals surface area contributed by atoms with Gasteiger partial charge in [0.15, 0.2) is 11.5 Å². The molecule has 5 nitrogen and oxygen atoms in total. The van der Waals surface area contributed by atoms with Crippen molar-refractivity contribution in [3.8, 4) is 28.7 Å². The number of phenols is 2. The highest BCUT2D eigenvalue weighted by atomic mass is 16.5. The van der Waals surface area contributed by atoms with Gasteiger partial charge >= 0.3 is 0 Å². The van der Waals surface area contributed by atoms with Crippen molar-refractivity contribution in [3.05, 3.63) is 41.5 Å². The highest BCUT2D eigenvalue weighted by molar-refractivity contribution is 5.76. The summed E-state index contributed by atoms with van der Waals surface area (Å²) in [6.45, 7) is 0. The van der Waals surface area contributed by atoms with Gasteiger partial charge < -0.3 is 24.4 Å². The van der Waals surface area contributed by atoms with E-state index in [2.05, 4.69) is 0 Å². The van der Waals surface area contributed by atoms with E-state index < -0.39 is 0 Å². The zero-order valence-corrected chi connectivity index (χ0v) is 12.7. The predicted molar refractivity (Wildman–Crippen MR) is 84.8 cm³/mol. The predicted octanol–water partition coefficient (Wildman–Crippen LogP) is 3.29. The number of rotatable bonds is 5. The molecule has 0 aromatic heterocycles. The maximum absolute atomic E-state index is 9.76. The van der Waals surface area contributed by atoms with Gasteiger partial charge in [-0.25, -0.2) is 0 Å². The number of methoxy groups -OCH3 is 3. The normalized spacial score (nSPS) is 10.7. The first-order valence-electron chi connectivity index (χ1n) is 6.59. The van der Waals surface area contributed by atoms with Crippen molar-refractivity contribution < 1.29 is 24.4 Å². The molecule has 0 aliphatic carbocycles. The van der Waals surface area contributed by atoms with Gasteiger partial charge in [0.2, 0.25) is 5.75 Å². The fourth-order valence-corrected chi connectivity index (χ4v) is 2.11. The molecule has 5 heteroatoms. The Morgan fingerprint density at radius 1 is 0.818 bits per heavy atom. The van der Waals surface area contributed by atoms with Gasteiger partial charge in [-0.15, -0.1) is 0 Å². The van der Waals surface area contributed by atoms with Gasteiger partial charge in [0.25, 0.3) is 0 Å². The molecule has 0 heterocycles. The minimum Gasteiger partial charge on any atom is -0.508 e. The average molecular weight is 302 g/mol. The van der Waals surface area contributed by atoms with Crippen LogP contribution in [-0.4, -0.2) is 31.5 Å². The summed E-state index contributed by atoms with van der Waals surface area (Å²) in [6, 6.07) is 8.18. The summed E-state index contributed by atoms with van der Waals surface area (Å²) in [7, 11) is 4.51. The van der Waals surface area contributed by atoms with Crippen LogP contribution < -0.4 is 14.2 Å². The third-order valence-corrected chi connectivity index (χ3v) is 3.13. The van der Waals surface area contributed by atoms with Gasteiger partial charge in [0.05, 0.1) is 21.3 Å². The van der Waals surface area contributed by atoms with E-state index in [-0.39, 0.29) is 17.2 Å². The van der Waals surface area contributed by atoms with Crippen molar-refractivity contribution in [3.63, 3.8) is 0 Å². The van der Waals surface area contributed by atoms with Crippen LogP contribution >= 0.6 is 0 Å². The third-order valence-electron chi connectivity index (χ3n) is 3.13. The topological polar surface area (TPSA) is 68.2 Å². The van der Waals surface area contributed by atoms with Crippen molar-refractivity contribution in [2.24, 2.45) is 0 Å². The molecule has 0 atom stereocenters. The van der Waals surface area contributed by atoms with Gasteiger partial charge in [0.1, 0.15) is 11.5 Å². The van der Waals surface area contributed by atoms with Gasteiger partial charge in [-0.3, -0.25) is 0 Å². The molecule has 116 valence electrons. The number of benzene rings is 2. The van der Waals surface area contributed by atoms with Crippen LogP contribution in [-0.2, 0) is 0 Å². The number of ether oxygens (including phenoxy) is 3. The summed E-state index contributed by atoms with van der Waals surface area (Å²) in [5.41, 5.74) is 1.51. The quantitative estimate of drug-likeness (QED) is 0.829. The SMILES string of the molecule is COc1cc(O)cc(C=Cc2ccc(O)c(OC)c2OC)c1. The van der Waals surface area contributed by atoms with E-state index in [1.54, 1.807) is 30.4 Å². The first-order valence-corrected chi connectivity index (χ1v) is 6.59. The van der Waals surface area contributed by atoms with E-state index >= 15 is 0 Å². The lowest BCUT2D eigenvalue weighted by Gasteiger charge is -2.11. The van der Waals surface area contributed by atoms with Crippen LogP contribution in [0.3, 0.4) is 0 Å². The van der Waals surface area contributed by atoms with E-state index in [0.717, 1.165) is 11.1 Å². The standard InChI is InChI=1S/C17H18O5/c1-20-14-9-11(8-13(18)10-14)4-5-12-6-7-15(19)17(22-3)16(12)21-2/h4-10,18-19H,1-3H3. The fraction of sp³-hybridized carbons (Fsp3) is 0.176. The molecule has 22 heavy (non-hydrogen) atoms. The van der Waals surface area contributed by atoms with Crippen molar-refractivity contribution in [1.29, 1.82) is 0 Å². The monoisotopic (exact) mass is 302 g/mol. The van der Waals surface area contributed by atoms with Crippen molar-refractivity contribution in [2.75, 3.05) is 21.3 Å². The Balaban J connectivity index is 2.40. The molecule has 0 aliphatic heterocycles. The molecule has 0 saturated heterocycles. The van der Waals surface area contributed by atoms with Crippen LogP contribution in [0.4, 0.5) is 0 Å². The number of hydrogen-bond donors (Lipinski definition) is 2. The molecule has 0 aliphatic rings. The molecule has 0 radical (unpaired) electrons. The lowest BCUT2D eigenvalue weighted by atomic mass is 10.1. The van der Waals surface area contributed by atoms with E-state index in [0.29, 0.717) is 11.5 Å². The average Bonchev–Trinajstić information content (AvgIpc) is 2.52. The van der Waals surface area contributed by atoms with Crippen molar-refractivity contribution >= 4 is 12.2 Å².